The molecule has 3 aliphatic heterocycles. The van der Waals surface area contributed by atoms with Crippen LogP contribution in [0.4, 0.5) is 0 Å². The van der Waals surface area contributed by atoms with Gasteiger partial charge in [-0.3, -0.25) is 9.59 Å². The number of nitrogens with zero attached hydrogens (tertiary/aromatic N) is 2. The zero-order valence-electron chi connectivity index (χ0n) is 15.3. The molecule has 26 heavy (non-hydrogen) atoms. The smallest absolute Gasteiger partial charge is 0.254 e. The summed E-state index contributed by atoms with van der Waals surface area (Å²) in [6.45, 7) is 5.67. The molecule has 0 saturated carbocycles. The molecule has 2 bridgehead atoms. The molecule has 3 aliphatic rings. The maximum absolute atomic E-state index is 13.2. The van der Waals surface area contributed by atoms with Crippen molar-refractivity contribution in [2.24, 2.45) is 5.92 Å². The van der Waals surface area contributed by atoms with E-state index in [1.807, 2.05) is 53.1 Å². The van der Waals surface area contributed by atoms with Crippen LogP contribution in [0.3, 0.4) is 0 Å². The number of hydrogen-bond donors (Lipinski definition) is 0. The molecule has 5 heteroatoms. The van der Waals surface area contributed by atoms with Crippen molar-refractivity contribution in [3.63, 3.8) is 0 Å². The number of carbonyl (C=O) groups is 2. The van der Waals surface area contributed by atoms with Crippen LogP contribution >= 0.6 is 0 Å². The van der Waals surface area contributed by atoms with Crippen LogP contribution in [0.2, 0.25) is 0 Å². The van der Waals surface area contributed by atoms with Crippen LogP contribution in [0.5, 0.6) is 0 Å². The average molecular weight is 352 g/mol. The molecule has 2 amide bonds. The minimum atomic E-state index is 0.0511. The largest absolute Gasteiger partial charge is 0.461 e. The van der Waals surface area contributed by atoms with Crippen LogP contribution in [0.15, 0.2) is 40.8 Å². The van der Waals surface area contributed by atoms with Gasteiger partial charge >= 0.3 is 0 Å². The van der Waals surface area contributed by atoms with Crippen molar-refractivity contribution >= 4 is 11.8 Å². The first kappa shape index (κ1) is 16.9. The molecule has 4 heterocycles. The highest BCUT2D eigenvalue weighted by atomic mass is 16.3. The van der Waals surface area contributed by atoms with Gasteiger partial charge in [0.15, 0.2) is 0 Å². The summed E-state index contributed by atoms with van der Waals surface area (Å²) in [6.07, 6.45) is 2.06. The number of furan rings is 1. The van der Waals surface area contributed by atoms with Gasteiger partial charge in [0.25, 0.3) is 5.91 Å². The summed E-state index contributed by atoms with van der Waals surface area (Å²) in [5.74, 6) is 2.15. The lowest BCUT2D eigenvalue weighted by molar-refractivity contribution is -0.129. The lowest BCUT2D eigenvalue weighted by Gasteiger charge is -2.36. The summed E-state index contributed by atoms with van der Waals surface area (Å²) >= 11 is 0. The fourth-order valence-electron chi connectivity index (χ4n) is 4.15. The fraction of sp³-hybridized carbons (Fsp3) is 0.429. The van der Waals surface area contributed by atoms with Crippen molar-refractivity contribution in [2.45, 2.75) is 32.7 Å². The molecule has 0 spiro atoms. The second-order valence-corrected chi connectivity index (χ2v) is 7.47. The summed E-state index contributed by atoms with van der Waals surface area (Å²) in [6, 6.07) is 11.6. The number of benzene rings is 1. The zero-order chi connectivity index (χ0) is 18.3. The first-order chi connectivity index (χ1) is 12.5. The zero-order valence-corrected chi connectivity index (χ0v) is 15.3. The van der Waals surface area contributed by atoms with Crippen LogP contribution in [0.25, 0.3) is 11.3 Å². The summed E-state index contributed by atoms with van der Waals surface area (Å²) in [5, 5.41) is 0. The summed E-state index contributed by atoms with van der Waals surface area (Å²) in [4.78, 5) is 28.9. The molecule has 0 unspecified atom stereocenters. The Morgan fingerprint density at radius 1 is 1.08 bits per heavy atom. The maximum atomic E-state index is 13.2. The Morgan fingerprint density at radius 3 is 2.65 bits per heavy atom. The molecule has 0 radical (unpaired) electrons. The number of aryl methyl sites for hydroxylation is 1. The number of fused-ring (bicyclic) bond motifs is 4. The van der Waals surface area contributed by atoms with Gasteiger partial charge in [-0.15, -0.1) is 0 Å². The molecule has 2 atom stereocenters. The van der Waals surface area contributed by atoms with E-state index in [0.29, 0.717) is 18.0 Å². The number of piperidine rings is 1. The van der Waals surface area contributed by atoms with E-state index in [9.17, 15) is 9.59 Å². The predicted molar refractivity (Wildman–Crippen MR) is 98.7 cm³/mol. The Kier molecular flexibility index (Phi) is 4.31. The molecule has 3 saturated heterocycles. The van der Waals surface area contributed by atoms with Gasteiger partial charge in [-0.05, 0) is 49.9 Å². The SMILES string of the molecule is CC(=O)N1C[C@H]2CC[C@@H](C1)N(C(=O)c1cccc(-c3ccc(C)o3)c1)C2. The van der Waals surface area contributed by atoms with Gasteiger partial charge in [-0.1, -0.05) is 12.1 Å². The highest BCUT2D eigenvalue weighted by Gasteiger charge is 2.38. The Hall–Kier alpha value is -2.56. The second-order valence-electron chi connectivity index (χ2n) is 7.47. The highest BCUT2D eigenvalue weighted by Crippen LogP contribution is 2.30. The van der Waals surface area contributed by atoms with E-state index >= 15 is 0 Å². The number of carbonyl (C=O) groups excluding carboxylic acids is 2. The molecule has 2 aromatic rings. The Balaban J connectivity index is 1.59. The molecule has 1 aromatic heterocycles. The highest BCUT2D eigenvalue weighted by molar-refractivity contribution is 5.95. The minimum absolute atomic E-state index is 0.0511. The maximum Gasteiger partial charge on any atom is 0.254 e. The van der Waals surface area contributed by atoms with Crippen LogP contribution in [-0.4, -0.2) is 47.3 Å². The Bertz CT molecular complexity index is 841. The van der Waals surface area contributed by atoms with Gasteiger partial charge in [0, 0.05) is 43.7 Å². The van der Waals surface area contributed by atoms with Crippen molar-refractivity contribution in [2.75, 3.05) is 19.6 Å². The summed E-state index contributed by atoms with van der Waals surface area (Å²) in [7, 11) is 0. The van der Waals surface area contributed by atoms with Gasteiger partial charge in [0.05, 0.1) is 0 Å². The first-order valence-corrected chi connectivity index (χ1v) is 9.24. The number of rotatable bonds is 2. The van der Waals surface area contributed by atoms with E-state index in [0.717, 1.165) is 43.0 Å². The summed E-state index contributed by atoms with van der Waals surface area (Å²) < 4.78 is 5.69. The van der Waals surface area contributed by atoms with Crippen molar-refractivity contribution in [1.82, 2.24) is 9.80 Å². The van der Waals surface area contributed by atoms with E-state index in [2.05, 4.69) is 0 Å². The van der Waals surface area contributed by atoms with Gasteiger partial charge in [-0.25, -0.2) is 0 Å². The second kappa shape index (κ2) is 6.63. The minimum Gasteiger partial charge on any atom is -0.461 e. The molecule has 5 rings (SSSR count). The third-order valence-electron chi connectivity index (χ3n) is 5.55. The van der Waals surface area contributed by atoms with Gasteiger partial charge in [0.2, 0.25) is 5.91 Å². The molecule has 0 N–H and O–H groups in total. The van der Waals surface area contributed by atoms with Crippen LogP contribution in [0, 0.1) is 12.8 Å². The Labute approximate surface area is 153 Å². The topological polar surface area (TPSA) is 53.8 Å². The third-order valence-corrected chi connectivity index (χ3v) is 5.55. The van der Waals surface area contributed by atoms with Crippen molar-refractivity contribution < 1.29 is 14.0 Å². The molecule has 0 aliphatic carbocycles. The molecule has 1 aromatic carbocycles. The average Bonchev–Trinajstić information content (AvgIpc) is 2.87. The fourth-order valence-corrected chi connectivity index (χ4v) is 4.15. The third kappa shape index (κ3) is 3.14. The van der Waals surface area contributed by atoms with Crippen molar-refractivity contribution in [3.05, 3.63) is 47.7 Å². The van der Waals surface area contributed by atoms with Crippen molar-refractivity contribution in [3.8, 4) is 11.3 Å². The lowest BCUT2D eigenvalue weighted by atomic mass is 9.94. The standard InChI is InChI=1S/C21H24N2O3/c1-14-6-9-20(26-14)17-4-3-5-18(10-17)21(25)23-12-16-7-8-19(23)13-22(11-16)15(2)24/h3-6,9-10,16,19H,7-8,11-13H2,1-2H3/t16-,19+/m1/s1. The van der Waals surface area contributed by atoms with Crippen LogP contribution in [0.1, 0.15) is 35.9 Å². The van der Waals surface area contributed by atoms with Crippen molar-refractivity contribution in [1.29, 1.82) is 0 Å². The van der Waals surface area contributed by atoms with E-state index < -0.39 is 0 Å². The number of amides is 2. The van der Waals surface area contributed by atoms with Crippen LogP contribution in [-0.2, 0) is 4.79 Å². The normalized spacial score (nSPS) is 22.4. The lowest BCUT2D eigenvalue weighted by Crippen LogP contribution is -2.47. The quantitative estimate of drug-likeness (QED) is 0.833. The molecule has 136 valence electrons. The van der Waals surface area contributed by atoms with E-state index in [1.165, 1.54) is 0 Å². The summed E-state index contributed by atoms with van der Waals surface area (Å²) in [5.41, 5.74) is 1.59. The molecule has 5 nitrogen and oxygen atoms in total. The predicted octanol–water partition coefficient (Wildman–Crippen LogP) is 3.34. The van der Waals surface area contributed by atoms with E-state index in [-0.39, 0.29) is 17.9 Å². The van der Waals surface area contributed by atoms with Gasteiger partial charge in [0.1, 0.15) is 11.5 Å². The van der Waals surface area contributed by atoms with Gasteiger partial charge in [-0.2, -0.15) is 0 Å². The van der Waals surface area contributed by atoms with Gasteiger partial charge < -0.3 is 14.2 Å². The molecule has 3 fully saturated rings. The Morgan fingerprint density at radius 2 is 1.92 bits per heavy atom. The van der Waals surface area contributed by atoms with Crippen LogP contribution < -0.4 is 0 Å². The number of hydrogen-bond acceptors (Lipinski definition) is 3. The van der Waals surface area contributed by atoms with E-state index in [4.69, 9.17) is 4.42 Å². The van der Waals surface area contributed by atoms with E-state index in [1.54, 1.807) is 6.92 Å². The monoisotopic (exact) mass is 352 g/mol. The first-order valence-electron chi connectivity index (χ1n) is 9.24. The molecular weight excluding hydrogens is 328 g/mol. The molecular formula is C21H24N2O3.